The molecule has 2 aromatic heterocycles. The molecule has 0 aliphatic carbocycles. The molecule has 0 unspecified atom stereocenters. The van der Waals surface area contributed by atoms with Crippen molar-refractivity contribution in [3.63, 3.8) is 0 Å². The Morgan fingerprint density at radius 3 is 2.59 bits per heavy atom. The molecule has 0 N–H and O–H groups in total. The van der Waals surface area contributed by atoms with Crippen molar-refractivity contribution in [2.45, 2.75) is 20.8 Å². The summed E-state index contributed by atoms with van der Waals surface area (Å²) < 4.78 is 7.03. The van der Waals surface area contributed by atoms with Gasteiger partial charge < -0.3 is 9.32 Å². The highest BCUT2D eigenvalue weighted by Gasteiger charge is 2.24. The summed E-state index contributed by atoms with van der Waals surface area (Å²) in [5.41, 5.74) is 1.76. The van der Waals surface area contributed by atoms with Gasteiger partial charge in [0, 0.05) is 18.1 Å². The second-order valence-corrected chi connectivity index (χ2v) is 8.30. The largest absolute Gasteiger partial charge is 0.444 e. The number of benzene rings is 1. The minimum atomic E-state index is -0.198. The van der Waals surface area contributed by atoms with Gasteiger partial charge in [-0.05, 0) is 65.8 Å². The van der Waals surface area contributed by atoms with E-state index >= 15 is 0 Å². The van der Waals surface area contributed by atoms with Gasteiger partial charge in [-0.2, -0.15) is 0 Å². The number of hydrogen-bond acceptors (Lipinski definition) is 5. The van der Waals surface area contributed by atoms with Gasteiger partial charge in [-0.15, -0.1) is 0 Å². The van der Waals surface area contributed by atoms with E-state index in [9.17, 15) is 4.79 Å². The van der Waals surface area contributed by atoms with E-state index in [4.69, 9.17) is 21.0 Å². The second kappa shape index (κ2) is 8.73. The Morgan fingerprint density at radius 2 is 1.96 bits per heavy atom. The van der Waals surface area contributed by atoms with Gasteiger partial charge in [0.25, 0.3) is 5.91 Å². The molecule has 0 radical (unpaired) electrons. The Morgan fingerprint density at radius 1 is 1.22 bits per heavy atom. The Kier molecular flexibility index (Phi) is 6.57. The number of anilines is 1. The Balaban J connectivity index is 1.98. The first-order valence-corrected chi connectivity index (χ1v) is 10.8. The molecule has 144 valence electrons. The molecule has 0 bridgehead atoms. The van der Waals surface area contributed by atoms with Gasteiger partial charge in [0.05, 0.1) is 10.2 Å². The number of hydrogen-bond donors (Lipinski definition) is 0. The predicted molar refractivity (Wildman–Crippen MR) is 115 cm³/mol. The fourth-order valence-electron chi connectivity index (χ4n) is 2.83. The quantitative estimate of drug-likeness (QED) is 0.451. The summed E-state index contributed by atoms with van der Waals surface area (Å²) in [4.78, 5) is 21.8. The van der Waals surface area contributed by atoms with Gasteiger partial charge in [0.2, 0.25) is 0 Å². The van der Waals surface area contributed by atoms with Crippen LogP contribution in [0.15, 0.2) is 33.4 Å². The molecule has 0 saturated carbocycles. The molecule has 0 aliphatic rings. The van der Waals surface area contributed by atoms with Gasteiger partial charge in [-0.3, -0.25) is 9.69 Å². The number of nitrogens with zero attached hydrogens (tertiary/aromatic N) is 3. The molecule has 0 saturated heterocycles. The van der Waals surface area contributed by atoms with E-state index in [1.54, 1.807) is 17.0 Å². The molecule has 1 amide bonds. The van der Waals surface area contributed by atoms with E-state index in [2.05, 4.69) is 34.7 Å². The van der Waals surface area contributed by atoms with E-state index in [0.29, 0.717) is 21.4 Å². The Labute approximate surface area is 176 Å². The maximum atomic E-state index is 13.1. The zero-order chi connectivity index (χ0) is 19.6. The number of aryl methyl sites for hydroxylation is 1. The van der Waals surface area contributed by atoms with Gasteiger partial charge >= 0.3 is 0 Å². The minimum absolute atomic E-state index is 0.198. The summed E-state index contributed by atoms with van der Waals surface area (Å²) in [7, 11) is 0. The average Bonchev–Trinajstić information content (AvgIpc) is 3.28. The van der Waals surface area contributed by atoms with Crippen molar-refractivity contribution in [2.24, 2.45) is 0 Å². The van der Waals surface area contributed by atoms with Gasteiger partial charge in [0.1, 0.15) is 0 Å². The number of thiazole rings is 1. The molecular weight excluding hydrogens is 450 g/mol. The number of amides is 1. The van der Waals surface area contributed by atoms with E-state index in [1.807, 2.05) is 19.1 Å². The SMILES string of the molecule is CCN(CC)CCN(C(=O)c1ccc(Br)o1)c1nc2c(C)c(Cl)ccc2s1. The van der Waals surface area contributed by atoms with Crippen LogP contribution in [0, 0.1) is 6.92 Å². The second-order valence-electron chi connectivity index (χ2n) is 6.10. The van der Waals surface area contributed by atoms with Crippen LogP contribution >= 0.6 is 38.9 Å². The van der Waals surface area contributed by atoms with Crippen molar-refractivity contribution in [1.29, 1.82) is 0 Å². The maximum Gasteiger partial charge on any atom is 0.295 e. The summed E-state index contributed by atoms with van der Waals surface area (Å²) in [5, 5.41) is 1.33. The van der Waals surface area contributed by atoms with Crippen molar-refractivity contribution in [1.82, 2.24) is 9.88 Å². The first-order chi connectivity index (χ1) is 12.9. The first-order valence-electron chi connectivity index (χ1n) is 8.79. The smallest absolute Gasteiger partial charge is 0.295 e. The molecule has 3 rings (SSSR count). The number of fused-ring (bicyclic) bond motifs is 1. The number of halogens is 2. The Hall–Kier alpha value is -1.41. The summed E-state index contributed by atoms with van der Waals surface area (Å²) in [5.74, 6) is 0.0890. The van der Waals surface area contributed by atoms with E-state index in [0.717, 1.165) is 35.4 Å². The molecule has 0 spiro atoms. The standard InChI is InChI=1S/C19H21BrClN3O2S/c1-4-23(5-2)10-11-24(18(25)14-7-9-16(20)26-14)19-22-17-12(3)13(21)6-8-15(17)27-19/h6-9H,4-5,10-11H2,1-3H3. The molecule has 5 nitrogen and oxygen atoms in total. The number of carbonyl (C=O) groups is 1. The molecule has 8 heteroatoms. The topological polar surface area (TPSA) is 49.6 Å². The number of rotatable bonds is 7. The van der Waals surface area contributed by atoms with Gasteiger partial charge in [0.15, 0.2) is 15.6 Å². The van der Waals surface area contributed by atoms with Crippen LogP contribution in [0.1, 0.15) is 30.0 Å². The highest BCUT2D eigenvalue weighted by atomic mass is 79.9. The fourth-order valence-corrected chi connectivity index (χ4v) is 4.34. The van der Waals surface area contributed by atoms with Gasteiger partial charge in [-0.25, -0.2) is 4.98 Å². The first kappa shape index (κ1) is 20.3. The minimum Gasteiger partial charge on any atom is -0.444 e. The lowest BCUT2D eigenvalue weighted by Crippen LogP contribution is -2.38. The summed E-state index contributed by atoms with van der Waals surface area (Å²) in [6.45, 7) is 9.32. The lowest BCUT2D eigenvalue weighted by Gasteiger charge is -2.24. The average molecular weight is 471 g/mol. The molecule has 1 aromatic carbocycles. The van der Waals surface area contributed by atoms with Crippen molar-refractivity contribution in [2.75, 3.05) is 31.1 Å². The normalized spacial score (nSPS) is 11.5. The van der Waals surface area contributed by atoms with E-state index in [-0.39, 0.29) is 11.7 Å². The summed E-state index contributed by atoms with van der Waals surface area (Å²) in [6.07, 6.45) is 0. The number of likely N-dealkylation sites (N-methyl/N-ethyl adjacent to an activating group) is 1. The van der Waals surface area contributed by atoms with Crippen LogP contribution in [0.2, 0.25) is 5.02 Å². The van der Waals surface area contributed by atoms with Crippen LogP contribution in [0.4, 0.5) is 5.13 Å². The van der Waals surface area contributed by atoms with Crippen LogP contribution in [0.3, 0.4) is 0 Å². The molecular formula is C19H21BrClN3O2S. The molecule has 0 aliphatic heterocycles. The molecule has 27 heavy (non-hydrogen) atoms. The lowest BCUT2D eigenvalue weighted by atomic mass is 10.2. The highest BCUT2D eigenvalue weighted by Crippen LogP contribution is 2.34. The van der Waals surface area contributed by atoms with Crippen molar-refractivity contribution < 1.29 is 9.21 Å². The van der Waals surface area contributed by atoms with E-state index < -0.39 is 0 Å². The fraction of sp³-hybridized carbons (Fsp3) is 0.368. The number of carbonyl (C=O) groups excluding carboxylic acids is 1. The third-order valence-corrected chi connectivity index (χ3v) is 6.41. The van der Waals surface area contributed by atoms with Crippen LogP contribution < -0.4 is 4.90 Å². The zero-order valence-corrected chi connectivity index (χ0v) is 18.6. The summed E-state index contributed by atoms with van der Waals surface area (Å²) >= 11 is 11.0. The van der Waals surface area contributed by atoms with Crippen LogP contribution in [-0.4, -0.2) is 42.0 Å². The third-order valence-electron chi connectivity index (χ3n) is 4.53. The zero-order valence-electron chi connectivity index (χ0n) is 15.5. The monoisotopic (exact) mass is 469 g/mol. The van der Waals surface area contributed by atoms with Gasteiger partial charge in [-0.1, -0.05) is 36.8 Å². The van der Waals surface area contributed by atoms with Crippen molar-refractivity contribution in [3.8, 4) is 0 Å². The number of furan rings is 1. The van der Waals surface area contributed by atoms with Crippen molar-refractivity contribution in [3.05, 3.63) is 45.3 Å². The van der Waals surface area contributed by atoms with E-state index in [1.165, 1.54) is 11.3 Å². The molecule has 3 aromatic rings. The van der Waals surface area contributed by atoms with Crippen LogP contribution in [-0.2, 0) is 0 Å². The molecule has 0 atom stereocenters. The van der Waals surface area contributed by atoms with Crippen LogP contribution in [0.25, 0.3) is 10.2 Å². The summed E-state index contributed by atoms with van der Waals surface area (Å²) in [6, 6.07) is 7.21. The predicted octanol–water partition coefficient (Wildman–Crippen LogP) is 5.60. The molecule has 2 heterocycles. The number of aromatic nitrogens is 1. The third kappa shape index (κ3) is 4.37. The van der Waals surface area contributed by atoms with Crippen molar-refractivity contribution >= 4 is 60.1 Å². The Bertz CT molecular complexity index is 952. The maximum absolute atomic E-state index is 13.1. The molecule has 0 fully saturated rings. The van der Waals surface area contributed by atoms with Crippen LogP contribution in [0.5, 0.6) is 0 Å². The lowest BCUT2D eigenvalue weighted by molar-refractivity contribution is 0.0956. The highest BCUT2D eigenvalue weighted by molar-refractivity contribution is 9.10.